The predicted octanol–water partition coefficient (Wildman–Crippen LogP) is 3.65. The Morgan fingerprint density at radius 3 is 2.61 bits per heavy atom. The van der Waals surface area contributed by atoms with Gasteiger partial charge < -0.3 is 9.47 Å². The van der Waals surface area contributed by atoms with Gasteiger partial charge in [0, 0.05) is 11.6 Å². The monoisotopic (exact) mass is 385 g/mol. The summed E-state index contributed by atoms with van der Waals surface area (Å²) >= 11 is 0. The van der Waals surface area contributed by atoms with Crippen LogP contribution in [-0.4, -0.2) is 30.8 Å². The van der Waals surface area contributed by atoms with E-state index in [2.05, 4.69) is 24.4 Å². The number of rotatable bonds is 9. The Hall–Kier alpha value is -3.42. The SMILES string of the molecule is CC[C@H](C)c1ccc(OCC(=O)N/N=C/c2ccc(OC)c([N+](=O)[O-])c2)cc1. The zero-order valence-corrected chi connectivity index (χ0v) is 16.0. The third-order valence-electron chi connectivity index (χ3n) is 4.23. The lowest BCUT2D eigenvalue weighted by molar-refractivity contribution is -0.385. The average molecular weight is 385 g/mol. The maximum atomic E-state index is 11.8. The molecule has 2 rings (SSSR count). The number of ether oxygens (including phenoxy) is 2. The maximum Gasteiger partial charge on any atom is 0.311 e. The first kappa shape index (κ1) is 20.9. The Kier molecular flexibility index (Phi) is 7.50. The fourth-order valence-electron chi connectivity index (χ4n) is 2.42. The van der Waals surface area contributed by atoms with E-state index in [-0.39, 0.29) is 18.0 Å². The standard InChI is InChI=1S/C20H23N3O5/c1-4-14(2)16-6-8-17(9-7-16)28-13-20(24)22-21-12-15-5-10-19(27-3)18(11-15)23(25)26/h5-12,14H,4,13H2,1-3H3,(H,22,24)/b21-12+/t14-/m0/s1. The molecular formula is C20H23N3O5. The molecule has 0 unspecified atom stereocenters. The third kappa shape index (κ3) is 5.80. The molecule has 0 heterocycles. The highest BCUT2D eigenvalue weighted by Gasteiger charge is 2.14. The van der Waals surface area contributed by atoms with E-state index >= 15 is 0 Å². The largest absolute Gasteiger partial charge is 0.490 e. The lowest BCUT2D eigenvalue weighted by Gasteiger charge is -2.10. The van der Waals surface area contributed by atoms with Gasteiger partial charge in [-0.25, -0.2) is 5.43 Å². The van der Waals surface area contributed by atoms with Crippen LogP contribution in [-0.2, 0) is 4.79 Å². The van der Waals surface area contributed by atoms with Crippen LogP contribution in [0.15, 0.2) is 47.6 Å². The number of methoxy groups -OCH3 is 1. The van der Waals surface area contributed by atoms with Gasteiger partial charge in [0.25, 0.3) is 5.91 Å². The second kappa shape index (κ2) is 10.1. The van der Waals surface area contributed by atoms with Crippen molar-refractivity contribution in [2.45, 2.75) is 26.2 Å². The van der Waals surface area contributed by atoms with Crippen molar-refractivity contribution in [3.05, 3.63) is 63.7 Å². The van der Waals surface area contributed by atoms with Crippen LogP contribution in [0.5, 0.6) is 11.5 Å². The molecule has 0 radical (unpaired) electrons. The summed E-state index contributed by atoms with van der Waals surface area (Å²) in [5, 5.41) is 14.8. The lowest BCUT2D eigenvalue weighted by atomic mass is 9.99. The van der Waals surface area contributed by atoms with Crippen molar-refractivity contribution < 1.29 is 19.2 Å². The molecule has 8 nitrogen and oxygen atoms in total. The summed E-state index contributed by atoms with van der Waals surface area (Å²) < 4.78 is 10.4. The lowest BCUT2D eigenvalue weighted by Crippen LogP contribution is -2.24. The third-order valence-corrected chi connectivity index (χ3v) is 4.23. The first-order valence-electron chi connectivity index (χ1n) is 8.81. The summed E-state index contributed by atoms with van der Waals surface area (Å²) in [4.78, 5) is 22.3. The number of nitro benzene ring substituents is 1. The Morgan fingerprint density at radius 2 is 2.00 bits per heavy atom. The Labute approximate surface area is 163 Å². The topological polar surface area (TPSA) is 103 Å². The van der Waals surface area contributed by atoms with Crippen LogP contribution in [0.25, 0.3) is 0 Å². The first-order valence-corrected chi connectivity index (χ1v) is 8.81. The fraction of sp³-hybridized carbons (Fsp3) is 0.300. The zero-order chi connectivity index (χ0) is 20.5. The van der Waals surface area contributed by atoms with E-state index in [0.29, 0.717) is 17.2 Å². The summed E-state index contributed by atoms with van der Waals surface area (Å²) in [6.45, 7) is 4.09. The van der Waals surface area contributed by atoms with Gasteiger partial charge in [0.15, 0.2) is 12.4 Å². The molecule has 0 spiro atoms. The van der Waals surface area contributed by atoms with Gasteiger partial charge in [-0.3, -0.25) is 14.9 Å². The number of hydrogen-bond acceptors (Lipinski definition) is 6. The smallest absolute Gasteiger partial charge is 0.311 e. The highest BCUT2D eigenvalue weighted by atomic mass is 16.6. The molecule has 1 N–H and O–H groups in total. The molecular weight excluding hydrogens is 362 g/mol. The number of carbonyl (C=O) groups is 1. The summed E-state index contributed by atoms with van der Waals surface area (Å²) in [7, 11) is 1.36. The molecule has 0 aromatic heterocycles. The van der Waals surface area contributed by atoms with E-state index in [1.165, 1.54) is 31.0 Å². The van der Waals surface area contributed by atoms with Crippen LogP contribution in [0.2, 0.25) is 0 Å². The number of carbonyl (C=O) groups excluding carboxylic acids is 1. The number of benzene rings is 2. The number of amides is 1. The van der Waals surface area contributed by atoms with Crippen LogP contribution in [0.3, 0.4) is 0 Å². The van der Waals surface area contributed by atoms with Crippen molar-refractivity contribution in [3.63, 3.8) is 0 Å². The first-order chi connectivity index (χ1) is 13.4. The van der Waals surface area contributed by atoms with E-state index < -0.39 is 10.8 Å². The van der Waals surface area contributed by atoms with Gasteiger partial charge in [-0.15, -0.1) is 0 Å². The molecule has 0 saturated carbocycles. The summed E-state index contributed by atoms with van der Waals surface area (Å²) in [6, 6.07) is 12.0. The molecule has 0 aliphatic heterocycles. The quantitative estimate of drug-likeness (QED) is 0.403. The molecule has 0 fully saturated rings. The summed E-state index contributed by atoms with van der Waals surface area (Å²) in [6.07, 6.45) is 2.36. The fourth-order valence-corrected chi connectivity index (χ4v) is 2.42. The zero-order valence-electron chi connectivity index (χ0n) is 16.0. The average Bonchev–Trinajstić information content (AvgIpc) is 2.71. The van der Waals surface area contributed by atoms with Crippen LogP contribution in [0.4, 0.5) is 5.69 Å². The summed E-state index contributed by atoms with van der Waals surface area (Å²) in [5.74, 6) is 0.779. The second-order valence-corrected chi connectivity index (χ2v) is 6.15. The van der Waals surface area contributed by atoms with E-state index in [1.807, 2.05) is 24.3 Å². The van der Waals surface area contributed by atoms with Crippen molar-refractivity contribution in [2.24, 2.45) is 5.10 Å². The van der Waals surface area contributed by atoms with Gasteiger partial charge in [0.2, 0.25) is 0 Å². The highest BCUT2D eigenvalue weighted by Crippen LogP contribution is 2.26. The minimum Gasteiger partial charge on any atom is -0.490 e. The van der Waals surface area contributed by atoms with Gasteiger partial charge in [-0.2, -0.15) is 5.10 Å². The van der Waals surface area contributed by atoms with Crippen molar-refractivity contribution >= 4 is 17.8 Å². The minimum atomic E-state index is -0.547. The number of hydrazone groups is 1. The molecule has 0 saturated heterocycles. The van der Waals surface area contributed by atoms with E-state index in [1.54, 1.807) is 6.07 Å². The van der Waals surface area contributed by atoms with Crippen LogP contribution in [0.1, 0.15) is 37.3 Å². The molecule has 0 aliphatic rings. The molecule has 0 bridgehead atoms. The van der Waals surface area contributed by atoms with Crippen LogP contribution >= 0.6 is 0 Å². The highest BCUT2D eigenvalue weighted by molar-refractivity contribution is 5.84. The van der Waals surface area contributed by atoms with Gasteiger partial charge in [-0.1, -0.05) is 26.0 Å². The molecule has 2 aromatic carbocycles. The molecule has 1 amide bonds. The number of nitrogens with one attached hydrogen (secondary N) is 1. The maximum absolute atomic E-state index is 11.8. The van der Waals surface area contributed by atoms with Gasteiger partial charge in [-0.05, 0) is 42.2 Å². The Bertz CT molecular complexity index is 849. The Balaban J connectivity index is 1.87. The molecule has 8 heteroatoms. The van der Waals surface area contributed by atoms with Crippen molar-refractivity contribution in [2.75, 3.05) is 13.7 Å². The van der Waals surface area contributed by atoms with Crippen LogP contribution < -0.4 is 14.9 Å². The Morgan fingerprint density at radius 1 is 1.29 bits per heavy atom. The van der Waals surface area contributed by atoms with Gasteiger partial charge >= 0.3 is 5.69 Å². The van der Waals surface area contributed by atoms with Gasteiger partial charge in [0.1, 0.15) is 5.75 Å². The number of nitro groups is 1. The molecule has 0 aliphatic carbocycles. The van der Waals surface area contributed by atoms with Crippen LogP contribution in [0, 0.1) is 10.1 Å². The number of nitrogens with zero attached hydrogens (tertiary/aromatic N) is 2. The van der Waals surface area contributed by atoms with Crippen molar-refractivity contribution in [1.29, 1.82) is 0 Å². The predicted molar refractivity (Wildman–Crippen MR) is 106 cm³/mol. The molecule has 28 heavy (non-hydrogen) atoms. The second-order valence-electron chi connectivity index (χ2n) is 6.15. The van der Waals surface area contributed by atoms with Crippen molar-refractivity contribution in [1.82, 2.24) is 5.43 Å². The number of hydrogen-bond donors (Lipinski definition) is 1. The van der Waals surface area contributed by atoms with Gasteiger partial charge in [0.05, 0.1) is 18.2 Å². The van der Waals surface area contributed by atoms with E-state index in [9.17, 15) is 14.9 Å². The van der Waals surface area contributed by atoms with E-state index in [4.69, 9.17) is 9.47 Å². The van der Waals surface area contributed by atoms with E-state index in [0.717, 1.165) is 6.42 Å². The minimum absolute atomic E-state index is 0.152. The molecule has 148 valence electrons. The normalized spacial score (nSPS) is 11.8. The molecule has 2 aromatic rings. The molecule has 1 atom stereocenters. The summed E-state index contributed by atoms with van der Waals surface area (Å²) in [5.41, 5.74) is 3.82. The van der Waals surface area contributed by atoms with Crippen molar-refractivity contribution in [3.8, 4) is 11.5 Å².